The zero-order chi connectivity index (χ0) is 22.0. The van der Waals surface area contributed by atoms with Crippen LogP contribution in [0.15, 0.2) is 59.7 Å². The zero-order valence-corrected chi connectivity index (χ0v) is 18.9. The summed E-state index contributed by atoms with van der Waals surface area (Å²) in [5.41, 5.74) is 5.15. The van der Waals surface area contributed by atoms with Crippen molar-refractivity contribution >= 4 is 40.5 Å². The summed E-state index contributed by atoms with van der Waals surface area (Å²) < 4.78 is 5.29. The van der Waals surface area contributed by atoms with E-state index in [4.69, 9.17) is 33.0 Å². The van der Waals surface area contributed by atoms with Crippen LogP contribution in [-0.4, -0.2) is 36.8 Å². The summed E-state index contributed by atoms with van der Waals surface area (Å²) in [5, 5.41) is 9.47. The Kier molecular flexibility index (Phi) is 6.51. The Morgan fingerprint density at radius 2 is 1.94 bits per heavy atom. The third-order valence-corrected chi connectivity index (χ3v) is 6.09. The predicted molar refractivity (Wildman–Crippen MR) is 125 cm³/mol. The molecule has 2 aromatic rings. The molecule has 0 spiro atoms. The van der Waals surface area contributed by atoms with E-state index in [-0.39, 0.29) is 17.9 Å². The number of carbonyl (C=O) groups is 1. The van der Waals surface area contributed by atoms with Crippen molar-refractivity contribution in [1.82, 2.24) is 10.4 Å². The summed E-state index contributed by atoms with van der Waals surface area (Å²) in [7, 11) is 1.63. The number of hydrazine groups is 1. The molecule has 31 heavy (non-hydrogen) atoms. The lowest BCUT2D eigenvalue weighted by Gasteiger charge is -2.28. The fourth-order valence-electron chi connectivity index (χ4n) is 3.93. The van der Waals surface area contributed by atoms with Gasteiger partial charge in [0.25, 0.3) is 5.91 Å². The van der Waals surface area contributed by atoms with Gasteiger partial charge in [-0.15, -0.1) is 0 Å². The van der Waals surface area contributed by atoms with E-state index in [0.29, 0.717) is 28.0 Å². The molecule has 6 nitrogen and oxygen atoms in total. The van der Waals surface area contributed by atoms with Gasteiger partial charge in [0.05, 0.1) is 23.9 Å². The predicted octanol–water partition coefficient (Wildman–Crippen LogP) is 4.85. The molecule has 0 aliphatic carbocycles. The molecule has 162 valence electrons. The van der Waals surface area contributed by atoms with Gasteiger partial charge in [-0.3, -0.25) is 15.2 Å². The Morgan fingerprint density at radius 1 is 1.16 bits per heavy atom. The lowest BCUT2D eigenvalue weighted by molar-refractivity contribution is -0.119. The maximum absolute atomic E-state index is 13.1. The van der Waals surface area contributed by atoms with Gasteiger partial charge in [0, 0.05) is 24.0 Å². The zero-order valence-electron chi connectivity index (χ0n) is 17.4. The molecule has 2 aliphatic heterocycles. The van der Waals surface area contributed by atoms with E-state index in [0.717, 1.165) is 24.3 Å². The molecule has 2 aromatic carbocycles. The van der Waals surface area contributed by atoms with Crippen LogP contribution in [0.5, 0.6) is 5.75 Å². The van der Waals surface area contributed by atoms with Crippen LogP contribution in [0.4, 0.5) is 5.69 Å². The molecule has 1 amide bonds. The molecule has 2 atom stereocenters. The Balaban J connectivity index is 1.68. The first-order valence-corrected chi connectivity index (χ1v) is 10.9. The van der Waals surface area contributed by atoms with Crippen LogP contribution >= 0.6 is 23.2 Å². The molecule has 8 heteroatoms. The van der Waals surface area contributed by atoms with Gasteiger partial charge >= 0.3 is 0 Å². The molecule has 0 saturated heterocycles. The standard InChI is InChI=1S/C23H24Cl2N4O2/c1-15-21(23(30)27-28-12-4-3-5-13-28)26-29(20-11-8-17(24)14-19(20)25)22(15)16-6-9-18(31-2)10-7-16/h3-4,6-11,14-15,22H,5,12-13H2,1-2H3,(H,27,30). The van der Waals surface area contributed by atoms with E-state index in [1.165, 1.54) is 0 Å². The smallest absolute Gasteiger partial charge is 0.282 e. The number of anilines is 1. The number of methoxy groups -OCH3 is 1. The number of hydrogen-bond acceptors (Lipinski definition) is 5. The van der Waals surface area contributed by atoms with Crippen LogP contribution in [0.2, 0.25) is 10.0 Å². The van der Waals surface area contributed by atoms with E-state index in [1.807, 2.05) is 53.3 Å². The number of hydrazone groups is 1. The van der Waals surface area contributed by atoms with Crippen LogP contribution in [0, 0.1) is 5.92 Å². The molecule has 0 fully saturated rings. The summed E-state index contributed by atoms with van der Waals surface area (Å²) in [5.74, 6) is 0.400. The van der Waals surface area contributed by atoms with Gasteiger partial charge in [-0.2, -0.15) is 5.10 Å². The van der Waals surface area contributed by atoms with Crippen LogP contribution in [0.25, 0.3) is 0 Å². The molecule has 0 bridgehead atoms. The van der Waals surface area contributed by atoms with Gasteiger partial charge in [0.2, 0.25) is 0 Å². The quantitative estimate of drug-likeness (QED) is 0.650. The van der Waals surface area contributed by atoms with Crippen molar-refractivity contribution < 1.29 is 9.53 Å². The van der Waals surface area contributed by atoms with Gasteiger partial charge in [0.1, 0.15) is 11.5 Å². The minimum absolute atomic E-state index is 0.166. The lowest BCUT2D eigenvalue weighted by atomic mass is 9.91. The van der Waals surface area contributed by atoms with E-state index >= 15 is 0 Å². The molecule has 0 aromatic heterocycles. The van der Waals surface area contributed by atoms with Crippen LogP contribution < -0.4 is 15.2 Å². The molecular formula is C23H24Cl2N4O2. The molecular weight excluding hydrogens is 435 g/mol. The molecule has 4 rings (SSSR count). The number of nitrogens with one attached hydrogen (secondary N) is 1. The number of amides is 1. The van der Waals surface area contributed by atoms with Crippen molar-refractivity contribution in [1.29, 1.82) is 0 Å². The Hall–Kier alpha value is -2.54. The first-order chi connectivity index (χ1) is 15.0. The fourth-order valence-corrected chi connectivity index (χ4v) is 4.42. The summed E-state index contributed by atoms with van der Waals surface area (Å²) in [6, 6.07) is 12.9. The first-order valence-electron chi connectivity index (χ1n) is 10.2. The number of benzene rings is 2. The van der Waals surface area contributed by atoms with Crippen molar-refractivity contribution in [2.45, 2.75) is 19.4 Å². The highest BCUT2D eigenvalue weighted by molar-refractivity contribution is 6.41. The van der Waals surface area contributed by atoms with E-state index in [1.54, 1.807) is 19.2 Å². The minimum Gasteiger partial charge on any atom is -0.497 e. The van der Waals surface area contributed by atoms with Crippen LogP contribution in [-0.2, 0) is 4.79 Å². The molecule has 1 N–H and O–H groups in total. The second-order valence-electron chi connectivity index (χ2n) is 7.58. The maximum atomic E-state index is 13.1. The highest BCUT2D eigenvalue weighted by Crippen LogP contribution is 2.42. The monoisotopic (exact) mass is 458 g/mol. The number of carbonyl (C=O) groups excluding carboxylic acids is 1. The van der Waals surface area contributed by atoms with Gasteiger partial charge in [-0.05, 0) is 42.3 Å². The highest BCUT2D eigenvalue weighted by Gasteiger charge is 2.40. The fraction of sp³-hybridized carbons (Fsp3) is 0.304. The van der Waals surface area contributed by atoms with Crippen molar-refractivity contribution in [3.63, 3.8) is 0 Å². The van der Waals surface area contributed by atoms with Crippen molar-refractivity contribution in [3.05, 3.63) is 70.2 Å². The minimum atomic E-state index is -0.202. The number of ether oxygens (including phenoxy) is 1. The number of hydrogen-bond donors (Lipinski definition) is 1. The highest BCUT2D eigenvalue weighted by atomic mass is 35.5. The second kappa shape index (κ2) is 9.30. The van der Waals surface area contributed by atoms with Crippen molar-refractivity contribution in [2.24, 2.45) is 11.0 Å². The number of nitrogens with zero attached hydrogens (tertiary/aromatic N) is 3. The lowest BCUT2D eigenvalue weighted by Crippen LogP contribution is -2.47. The van der Waals surface area contributed by atoms with E-state index < -0.39 is 0 Å². The summed E-state index contributed by atoms with van der Waals surface area (Å²) >= 11 is 12.6. The summed E-state index contributed by atoms with van der Waals surface area (Å²) in [4.78, 5) is 13.1. The molecule has 2 unspecified atom stereocenters. The summed E-state index contributed by atoms with van der Waals surface area (Å²) in [6.07, 6.45) is 5.06. The number of halogens is 2. The topological polar surface area (TPSA) is 57.2 Å². The maximum Gasteiger partial charge on any atom is 0.282 e. The average Bonchev–Trinajstić information content (AvgIpc) is 3.11. The second-order valence-corrected chi connectivity index (χ2v) is 8.42. The normalized spacial score (nSPS) is 21.2. The Morgan fingerprint density at radius 3 is 2.58 bits per heavy atom. The van der Waals surface area contributed by atoms with E-state index in [2.05, 4.69) is 11.5 Å². The molecule has 2 heterocycles. The average molecular weight is 459 g/mol. The molecule has 0 radical (unpaired) electrons. The van der Waals surface area contributed by atoms with Gasteiger partial charge in [-0.25, -0.2) is 5.01 Å². The van der Waals surface area contributed by atoms with Crippen molar-refractivity contribution in [3.8, 4) is 5.75 Å². The Bertz CT molecular complexity index is 1020. The van der Waals surface area contributed by atoms with Crippen LogP contribution in [0.1, 0.15) is 24.9 Å². The molecule has 2 aliphatic rings. The van der Waals surface area contributed by atoms with Gasteiger partial charge in [-0.1, -0.05) is 54.4 Å². The SMILES string of the molecule is COc1ccc(C2C(C)C(C(=O)NN3CC=CCC3)=NN2c2ccc(Cl)cc2Cl)cc1. The van der Waals surface area contributed by atoms with Crippen molar-refractivity contribution in [2.75, 3.05) is 25.2 Å². The van der Waals surface area contributed by atoms with E-state index in [9.17, 15) is 4.79 Å². The third-order valence-electron chi connectivity index (χ3n) is 5.55. The van der Waals surface area contributed by atoms with Crippen LogP contribution in [0.3, 0.4) is 0 Å². The number of rotatable bonds is 5. The molecule has 0 saturated carbocycles. The Labute approximate surface area is 192 Å². The summed E-state index contributed by atoms with van der Waals surface area (Å²) in [6.45, 7) is 3.47. The third kappa shape index (κ3) is 4.56. The largest absolute Gasteiger partial charge is 0.497 e. The first kappa shape index (κ1) is 21.7. The van der Waals surface area contributed by atoms with Gasteiger partial charge < -0.3 is 4.74 Å². The van der Waals surface area contributed by atoms with Gasteiger partial charge in [0.15, 0.2) is 0 Å².